The van der Waals surface area contributed by atoms with E-state index in [-0.39, 0.29) is 21.9 Å². The number of hydrogen-bond donors (Lipinski definition) is 1. The van der Waals surface area contributed by atoms with Crippen molar-refractivity contribution < 1.29 is 19.4 Å². The summed E-state index contributed by atoms with van der Waals surface area (Å²) in [5.74, 6) is -1.38. The Balaban J connectivity index is 2.03. The highest BCUT2D eigenvalue weighted by atomic mass is 35.5. The van der Waals surface area contributed by atoms with E-state index >= 15 is 0 Å². The van der Waals surface area contributed by atoms with Gasteiger partial charge in [0.15, 0.2) is 0 Å². The number of hydrogen-bond acceptors (Lipinski definition) is 4. The summed E-state index contributed by atoms with van der Waals surface area (Å²) < 4.78 is 5.54. The molecule has 1 N–H and O–H groups in total. The third-order valence-corrected chi connectivity index (χ3v) is 6.65. The molecule has 3 aromatic rings. The van der Waals surface area contributed by atoms with Gasteiger partial charge in [0.2, 0.25) is 0 Å². The van der Waals surface area contributed by atoms with Crippen LogP contribution >= 0.6 is 23.2 Å². The summed E-state index contributed by atoms with van der Waals surface area (Å²) in [5.41, 5.74) is 3.21. The fourth-order valence-corrected chi connectivity index (χ4v) is 4.36. The van der Waals surface area contributed by atoms with Crippen LogP contribution in [0.4, 0.5) is 5.69 Å². The second kappa shape index (κ2) is 8.93. The molecule has 4 rings (SSSR count). The molecule has 0 aromatic heterocycles. The van der Waals surface area contributed by atoms with Crippen LogP contribution in [0, 0.1) is 13.8 Å². The molecular weight excluding hydrogens is 461 g/mol. The fraction of sp³-hybridized carbons (Fsp3) is 0.154. The van der Waals surface area contributed by atoms with Crippen molar-refractivity contribution >= 4 is 46.3 Å². The normalized spacial score (nSPS) is 17.5. The number of para-hydroxylation sites is 1. The van der Waals surface area contributed by atoms with Crippen LogP contribution in [0.5, 0.6) is 5.75 Å². The first-order valence-corrected chi connectivity index (χ1v) is 11.0. The van der Waals surface area contributed by atoms with Crippen LogP contribution in [0.25, 0.3) is 5.76 Å². The Morgan fingerprint density at radius 2 is 1.70 bits per heavy atom. The number of amides is 1. The van der Waals surface area contributed by atoms with Crippen LogP contribution in [-0.4, -0.2) is 23.9 Å². The molecule has 1 fully saturated rings. The maximum atomic E-state index is 13.4. The first-order valence-electron chi connectivity index (χ1n) is 10.2. The summed E-state index contributed by atoms with van der Waals surface area (Å²) in [4.78, 5) is 28.1. The lowest BCUT2D eigenvalue weighted by molar-refractivity contribution is -0.132. The second-order valence-electron chi connectivity index (χ2n) is 7.76. The zero-order chi connectivity index (χ0) is 23.9. The van der Waals surface area contributed by atoms with Gasteiger partial charge < -0.3 is 9.84 Å². The first-order chi connectivity index (χ1) is 15.8. The fourth-order valence-electron chi connectivity index (χ4n) is 4.06. The number of halogens is 2. The number of aliphatic hydroxyl groups excluding tert-OH is 1. The van der Waals surface area contributed by atoms with E-state index in [0.717, 1.165) is 11.1 Å². The van der Waals surface area contributed by atoms with Crippen molar-refractivity contribution in [1.82, 2.24) is 0 Å². The molecule has 0 spiro atoms. The van der Waals surface area contributed by atoms with E-state index in [1.807, 2.05) is 26.0 Å². The smallest absolute Gasteiger partial charge is 0.300 e. The van der Waals surface area contributed by atoms with Crippen LogP contribution in [0.1, 0.15) is 28.3 Å². The SMILES string of the molecule is COc1ccccc1C1/C(=C(\O)c2ccc(Cl)c(Cl)c2)C(=O)C(=O)N1c1cccc(C)c1C. The minimum atomic E-state index is -0.906. The Kier molecular flexibility index (Phi) is 6.19. The minimum Gasteiger partial charge on any atom is -0.507 e. The number of ether oxygens (including phenoxy) is 1. The molecule has 1 aliphatic heterocycles. The monoisotopic (exact) mass is 481 g/mol. The Labute approximate surface area is 201 Å². The number of aliphatic hydroxyl groups is 1. The Bertz CT molecular complexity index is 1320. The standard InChI is InChI=1S/C26H21Cl2NO4/c1-14-7-6-9-20(15(14)2)29-23(17-8-4-5-10-21(17)33-3)22(25(31)26(29)32)24(30)16-11-12-18(27)19(28)13-16/h4-13,23,30H,1-3H3/b24-22+. The highest BCUT2D eigenvalue weighted by Gasteiger charge is 2.48. The van der Waals surface area contributed by atoms with Gasteiger partial charge in [-0.05, 0) is 55.3 Å². The molecule has 7 heteroatoms. The number of ketones is 1. The molecule has 1 amide bonds. The number of aryl methyl sites for hydroxylation is 1. The molecule has 0 saturated carbocycles. The van der Waals surface area contributed by atoms with Crippen LogP contribution < -0.4 is 9.64 Å². The average molecular weight is 482 g/mol. The molecule has 1 unspecified atom stereocenters. The molecule has 1 saturated heterocycles. The molecule has 1 heterocycles. The summed E-state index contributed by atoms with van der Waals surface area (Å²) in [6.45, 7) is 3.82. The van der Waals surface area contributed by atoms with E-state index in [1.165, 1.54) is 24.1 Å². The molecule has 33 heavy (non-hydrogen) atoms. The maximum Gasteiger partial charge on any atom is 0.300 e. The van der Waals surface area contributed by atoms with Gasteiger partial charge in [0, 0.05) is 16.8 Å². The molecule has 0 bridgehead atoms. The van der Waals surface area contributed by atoms with Gasteiger partial charge in [0.05, 0.1) is 28.8 Å². The van der Waals surface area contributed by atoms with Gasteiger partial charge in [-0.2, -0.15) is 0 Å². The van der Waals surface area contributed by atoms with Gasteiger partial charge in [0.1, 0.15) is 11.5 Å². The molecule has 3 aromatic carbocycles. The zero-order valence-electron chi connectivity index (χ0n) is 18.2. The molecule has 168 valence electrons. The van der Waals surface area contributed by atoms with Gasteiger partial charge >= 0.3 is 0 Å². The summed E-state index contributed by atoms with van der Waals surface area (Å²) in [7, 11) is 1.52. The molecule has 1 aliphatic rings. The lowest BCUT2D eigenvalue weighted by Crippen LogP contribution is -2.30. The molecule has 0 aliphatic carbocycles. The predicted octanol–water partition coefficient (Wildman–Crippen LogP) is 6.25. The number of anilines is 1. The molecule has 1 atom stereocenters. The van der Waals surface area contributed by atoms with E-state index in [4.69, 9.17) is 27.9 Å². The third-order valence-electron chi connectivity index (χ3n) is 5.91. The molecule has 0 radical (unpaired) electrons. The summed E-state index contributed by atoms with van der Waals surface area (Å²) in [6, 6.07) is 16.3. The highest BCUT2D eigenvalue weighted by Crippen LogP contribution is 2.46. The molecular formula is C26H21Cl2NO4. The number of methoxy groups -OCH3 is 1. The Morgan fingerprint density at radius 3 is 2.39 bits per heavy atom. The van der Waals surface area contributed by atoms with Crippen molar-refractivity contribution in [3.63, 3.8) is 0 Å². The van der Waals surface area contributed by atoms with Crippen molar-refractivity contribution in [2.75, 3.05) is 12.0 Å². The van der Waals surface area contributed by atoms with Crippen molar-refractivity contribution in [2.45, 2.75) is 19.9 Å². The van der Waals surface area contributed by atoms with Crippen molar-refractivity contribution in [3.8, 4) is 5.75 Å². The quantitative estimate of drug-likeness (QED) is 0.271. The Hall–Kier alpha value is -3.28. The zero-order valence-corrected chi connectivity index (χ0v) is 19.7. The summed E-state index contributed by atoms with van der Waals surface area (Å²) >= 11 is 12.2. The van der Waals surface area contributed by atoms with Crippen molar-refractivity contribution in [1.29, 1.82) is 0 Å². The van der Waals surface area contributed by atoms with Crippen LogP contribution in [0.2, 0.25) is 10.0 Å². The number of Topliss-reactive ketones (excluding diaryl/α,β-unsaturated/α-hetero) is 1. The lowest BCUT2D eigenvalue weighted by Gasteiger charge is -2.28. The second-order valence-corrected chi connectivity index (χ2v) is 8.57. The van der Waals surface area contributed by atoms with Gasteiger partial charge in [-0.25, -0.2) is 0 Å². The van der Waals surface area contributed by atoms with Gasteiger partial charge in [-0.3, -0.25) is 14.5 Å². The van der Waals surface area contributed by atoms with Crippen LogP contribution in [-0.2, 0) is 9.59 Å². The third kappa shape index (κ3) is 3.88. The van der Waals surface area contributed by atoms with E-state index in [9.17, 15) is 14.7 Å². The largest absolute Gasteiger partial charge is 0.507 e. The van der Waals surface area contributed by atoms with Crippen molar-refractivity contribution in [3.05, 3.63) is 98.5 Å². The van der Waals surface area contributed by atoms with Gasteiger partial charge in [-0.1, -0.05) is 53.5 Å². The van der Waals surface area contributed by atoms with Gasteiger partial charge in [0.25, 0.3) is 11.7 Å². The minimum absolute atomic E-state index is 0.0520. The number of rotatable bonds is 4. The maximum absolute atomic E-state index is 13.4. The number of nitrogens with zero attached hydrogens (tertiary/aromatic N) is 1. The Morgan fingerprint density at radius 1 is 0.970 bits per heavy atom. The topological polar surface area (TPSA) is 66.8 Å². The van der Waals surface area contributed by atoms with E-state index in [0.29, 0.717) is 22.0 Å². The van der Waals surface area contributed by atoms with Crippen LogP contribution in [0.15, 0.2) is 66.2 Å². The van der Waals surface area contributed by atoms with Gasteiger partial charge in [-0.15, -0.1) is 0 Å². The highest BCUT2D eigenvalue weighted by molar-refractivity contribution is 6.52. The number of carbonyl (C=O) groups excluding carboxylic acids is 2. The van der Waals surface area contributed by atoms with E-state index in [1.54, 1.807) is 36.4 Å². The molecule has 5 nitrogen and oxygen atoms in total. The summed E-state index contributed by atoms with van der Waals surface area (Å²) in [6.07, 6.45) is 0. The van der Waals surface area contributed by atoms with E-state index in [2.05, 4.69) is 0 Å². The van der Waals surface area contributed by atoms with Crippen molar-refractivity contribution in [2.24, 2.45) is 0 Å². The average Bonchev–Trinajstić information content (AvgIpc) is 3.07. The van der Waals surface area contributed by atoms with E-state index < -0.39 is 17.7 Å². The first kappa shape index (κ1) is 22.9. The summed E-state index contributed by atoms with van der Waals surface area (Å²) in [5, 5.41) is 11.8. The lowest BCUT2D eigenvalue weighted by atomic mass is 9.94. The number of benzene rings is 3. The number of carbonyl (C=O) groups is 2. The van der Waals surface area contributed by atoms with Crippen LogP contribution in [0.3, 0.4) is 0 Å². The predicted molar refractivity (Wildman–Crippen MR) is 130 cm³/mol.